The maximum absolute atomic E-state index is 12.9. The number of aryl methyl sites for hydroxylation is 1. The van der Waals surface area contributed by atoms with Gasteiger partial charge in [0.25, 0.3) is 11.1 Å². The number of nitrogens with one attached hydrogen (secondary N) is 1. The molecule has 4 rings (SSSR count). The van der Waals surface area contributed by atoms with Crippen molar-refractivity contribution < 1.29 is 19.1 Å². The molecule has 1 heterocycles. The summed E-state index contributed by atoms with van der Waals surface area (Å²) in [5.41, 5.74) is 2.75. The van der Waals surface area contributed by atoms with Gasteiger partial charge >= 0.3 is 0 Å². The van der Waals surface area contributed by atoms with Gasteiger partial charge in [-0.05, 0) is 104 Å². The Labute approximate surface area is 254 Å². The summed E-state index contributed by atoms with van der Waals surface area (Å²) in [6, 6.07) is 13.7. The van der Waals surface area contributed by atoms with Crippen molar-refractivity contribution in [1.29, 1.82) is 0 Å². The zero-order valence-electron chi connectivity index (χ0n) is 19.5. The zero-order valence-corrected chi connectivity index (χ0v) is 25.7. The molecule has 0 atom stereocenters. The monoisotopic (exact) mass is 716 g/mol. The lowest BCUT2D eigenvalue weighted by atomic mass is 10.2. The summed E-state index contributed by atoms with van der Waals surface area (Å²) in [6.07, 6.45) is 1.58. The van der Waals surface area contributed by atoms with Crippen LogP contribution < -0.4 is 10.1 Å². The topological polar surface area (TPSA) is 75.7 Å². The number of benzene rings is 3. The van der Waals surface area contributed by atoms with E-state index in [1.165, 1.54) is 0 Å². The molecule has 0 radical (unpaired) electrons. The third-order valence-corrected chi connectivity index (χ3v) is 8.42. The maximum Gasteiger partial charge on any atom is 0.294 e. The van der Waals surface area contributed by atoms with Gasteiger partial charge in [-0.1, -0.05) is 46.9 Å². The van der Waals surface area contributed by atoms with Crippen molar-refractivity contribution in [3.63, 3.8) is 0 Å². The summed E-state index contributed by atoms with van der Waals surface area (Å²) >= 11 is 26.0. The van der Waals surface area contributed by atoms with Crippen molar-refractivity contribution in [2.75, 3.05) is 11.9 Å². The Bertz CT molecular complexity index is 1480. The minimum Gasteiger partial charge on any atom is -0.486 e. The van der Waals surface area contributed by atoms with Crippen molar-refractivity contribution >= 4 is 107 Å². The molecule has 6 nitrogen and oxygen atoms in total. The average Bonchev–Trinajstić information content (AvgIpc) is 3.09. The van der Waals surface area contributed by atoms with Gasteiger partial charge < -0.3 is 10.1 Å². The highest BCUT2D eigenvalue weighted by atomic mass is 79.9. The van der Waals surface area contributed by atoms with Gasteiger partial charge in [-0.15, -0.1) is 0 Å². The molecule has 3 amide bonds. The molecule has 1 aliphatic rings. The molecule has 1 fully saturated rings. The van der Waals surface area contributed by atoms with Gasteiger partial charge in [-0.25, -0.2) is 0 Å². The molecule has 196 valence electrons. The Balaban J connectivity index is 1.44. The number of imide groups is 1. The van der Waals surface area contributed by atoms with Gasteiger partial charge in [0.15, 0.2) is 0 Å². The Morgan fingerprint density at radius 3 is 2.39 bits per heavy atom. The second-order valence-electron chi connectivity index (χ2n) is 8.12. The van der Waals surface area contributed by atoms with Gasteiger partial charge in [-0.3, -0.25) is 19.3 Å². The van der Waals surface area contributed by atoms with E-state index in [9.17, 15) is 14.4 Å². The minimum absolute atomic E-state index is 0.196. The highest BCUT2D eigenvalue weighted by Gasteiger charge is 2.36. The van der Waals surface area contributed by atoms with Crippen LogP contribution in [0.15, 0.2) is 62.4 Å². The summed E-state index contributed by atoms with van der Waals surface area (Å²) in [5, 5.41) is 3.65. The normalized spacial score (nSPS) is 14.4. The number of halogens is 5. The third-order valence-electron chi connectivity index (χ3n) is 5.34. The Hall–Kier alpha value is -2.01. The first kappa shape index (κ1) is 29.0. The molecule has 1 N–H and O–H groups in total. The van der Waals surface area contributed by atoms with Gasteiger partial charge in [0.05, 0.1) is 13.9 Å². The SMILES string of the molecule is Cc1ccc(NC(=O)CN2C(=O)S/C(=C/c3cc(Br)c(OCc4ccc(Cl)cc4Cl)c(Br)c3)C2=O)cc1Cl. The summed E-state index contributed by atoms with van der Waals surface area (Å²) in [6.45, 7) is 1.64. The number of nitrogens with zero attached hydrogens (tertiary/aromatic N) is 1. The van der Waals surface area contributed by atoms with E-state index in [1.807, 2.05) is 6.92 Å². The van der Waals surface area contributed by atoms with Crippen LogP contribution in [-0.4, -0.2) is 28.5 Å². The first-order valence-corrected chi connectivity index (χ1v) is 14.4. The lowest BCUT2D eigenvalue weighted by Crippen LogP contribution is -2.36. The standard InChI is InChI=1S/C26H17Br2Cl3N2O4S/c1-13-2-5-17(10-20(13)30)32-23(34)11-33-25(35)22(38-26(33)36)8-14-6-18(27)24(19(28)7-14)37-12-15-3-4-16(29)9-21(15)31/h2-10H,11-12H2,1H3,(H,32,34)/b22-8+. The largest absolute Gasteiger partial charge is 0.486 e. The zero-order chi connectivity index (χ0) is 27.6. The number of thioether (sulfide) groups is 1. The molecule has 3 aromatic carbocycles. The van der Waals surface area contributed by atoms with E-state index in [0.717, 1.165) is 27.8 Å². The second kappa shape index (κ2) is 12.4. The molecule has 0 aliphatic carbocycles. The molecule has 0 saturated carbocycles. The van der Waals surface area contributed by atoms with Gasteiger partial charge in [0.1, 0.15) is 18.9 Å². The fraction of sp³-hybridized carbons (Fsp3) is 0.115. The molecule has 0 unspecified atom stereocenters. The Morgan fingerprint density at radius 1 is 1.03 bits per heavy atom. The lowest BCUT2D eigenvalue weighted by molar-refractivity contribution is -0.127. The lowest BCUT2D eigenvalue weighted by Gasteiger charge is -2.13. The van der Waals surface area contributed by atoms with E-state index in [2.05, 4.69) is 37.2 Å². The summed E-state index contributed by atoms with van der Waals surface area (Å²) < 4.78 is 7.18. The van der Waals surface area contributed by atoms with Gasteiger partial charge in [0.2, 0.25) is 5.91 Å². The molecule has 12 heteroatoms. The van der Waals surface area contributed by atoms with Crippen LogP contribution >= 0.6 is 78.4 Å². The average molecular weight is 720 g/mol. The quantitative estimate of drug-likeness (QED) is 0.247. The molecular weight excluding hydrogens is 703 g/mol. The summed E-state index contributed by atoms with van der Waals surface area (Å²) in [5.74, 6) is -0.530. The number of carbonyl (C=O) groups excluding carboxylic acids is 3. The number of carbonyl (C=O) groups is 3. The van der Waals surface area contributed by atoms with Crippen LogP contribution in [-0.2, 0) is 16.2 Å². The van der Waals surface area contributed by atoms with Crippen molar-refractivity contribution in [3.8, 4) is 5.75 Å². The third kappa shape index (κ3) is 6.94. The fourth-order valence-corrected chi connectivity index (χ4v) is 6.32. The number of hydrogen-bond donors (Lipinski definition) is 1. The minimum atomic E-state index is -0.554. The van der Waals surface area contributed by atoms with Crippen molar-refractivity contribution in [1.82, 2.24) is 4.90 Å². The second-order valence-corrected chi connectivity index (χ2v) is 12.1. The molecule has 0 aromatic heterocycles. The van der Waals surface area contributed by atoms with Gasteiger partial charge in [-0.2, -0.15) is 0 Å². The molecule has 1 saturated heterocycles. The van der Waals surface area contributed by atoms with Crippen molar-refractivity contribution in [2.24, 2.45) is 0 Å². The van der Waals surface area contributed by atoms with Crippen LogP contribution in [0.1, 0.15) is 16.7 Å². The van der Waals surface area contributed by atoms with E-state index >= 15 is 0 Å². The number of hydrogen-bond acceptors (Lipinski definition) is 5. The van der Waals surface area contributed by atoms with E-state index < -0.39 is 23.6 Å². The summed E-state index contributed by atoms with van der Waals surface area (Å²) in [4.78, 5) is 39.0. The fourth-order valence-electron chi connectivity index (χ4n) is 3.39. The van der Waals surface area contributed by atoms with E-state index in [1.54, 1.807) is 54.6 Å². The predicted octanol–water partition coefficient (Wildman–Crippen LogP) is 8.73. The molecule has 3 aromatic rings. The smallest absolute Gasteiger partial charge is 0.294 e. The van der Waals surface area contributed by atoms with Crippen LogP contribution in [0.4, 0.5) is 10.5 Å². The number of ether oxygens (including phenoxy) is 1. The van der Waals surface area contributed by atoms with Crippen LogP contribution in [0, 0.1) is 6.92 Å². The summed E-state index contributed by atoms with van der Waals surface area (Å²) in [7, 11) is 0. The molecule has 0 spiro atoms. The Morgan fingerprint density at radius 2 is 1.74 bits per heavy atom. The Kier molecular flexibility index (Phi) is 9.49. The molecule has 38 heavy (non-hydrogen) atoms. The maximum atomic E-state index is 12.9. The highest BCUT2D eigenvalue weighted by Crippen LogP contribution is 2.38. The number of anilines is 1. The predicted molar refractivity (Wildman–Crippen MR) is 160 cm³/mol. The van der Waals surface area contributed by atoms with Crippen LogP contribution in [0.5, 0.6) is 5.75 Å². The van der Waals surface area contributed by atoms with E-state index in [0.29, 0.717) is 41.0 Å². The van der Waals surface area contributed by atoms with Gasteiger partial charge in [0, 0.05) is 26.3 Å². The van der Waals surface area contributed by atoms with E-state index in [4.69, 9.17) is 39.5 Å². The van der Waals surface area contributed by atoms with Crippen LogP contribution in [0.3, 0.4) is 0 Å². The first-order chi connectivity index (χ1) is 18.0. The molecule has 0 bridgehead atoms. The van der Waals surface area contributed by atoms with Crippen LogP contribution in [0.25, 0.3) is 6.08 Å². The number of amides is 3. The highest BCUT2D eigenvalue weighted by molar-refractivity contribution is 9.11. The van der Waals surface area contributed by atoms with E-state index in [-0.39, 0.29) is 11.5 Å². The molecular formula is C26H17Br2Cl3N2O4S. The van der Waals surface area contributed by atoms with Crippen molar-refractivity contribution in [2.45, 2.75) is 13.5 Å². The number of rotatable bonds is 7. The van der Waals surface area contributed by atoms with Crippen LogP contribution in [0.2, 0.25) is 15.1 Å². The molecule has 1 aliphatic heterocycles. The van der Waals surface area contributed by atoms with Crippen molar-refractivity contribution in [3.05, 3.63) is 94.1 Å². The first-order valence-electron chi connectivity index (χ1n) is 10.9.